The number of ketones is 1. The molecule has 2 fully saturated rings. The number of hydrogen-bond donors (Lipinski definition) is 2. The van der Waals surface area contributed by atoms with E-state index in [4.69, 9.17) is 18.9 Å². The van der Waals surface area contributed by atoms with Crippen LogP contribution in [0, 0.1) is 13.8 Å². The first-order valence-corrected chi connectivity index (χ1v) is 12.8. The van der Waals surface area contributed by atoms with Crippen LogP contribution in [0.2, 0.25) is 0 Å². The molecule has 2 aromatic rings. The van der Waals surface area contributed by atoms with Gasteiger partial charge in [-0.1, -0.05) is 12.1 Å². The number of ether oxygens (including phenoxy) is 4. The summed E-state index contributed by atoms with van der Waals surface area (Å²) in [6, 6.07) is 4.27. The maximum Gasteiger partial charge on any atom is 0.354 e. The third-order valence-corrected chi connectivity index (χ3v) is 7.31. The lowest BCUT2D eigenvalue weighted by Crippen LogP contribution is -2.39. The number of aliphatic hydroxyl groups is 1. The SMILES string of the molecule is COC(=O)c1[nH]c(C)c(/C(O)=C2\C(=O)C(=O)N(CCCN3CCOCC3)[C@@H]2c2cccc(OC)c2OC)c1C. The fraction of sp³-hybridized carbons (Fsp3) is 0.464. The Morgan fingerprint density at radius 3 is 2.46 bits per heavy atom. The lowest BCUT2D eigenvalue weighted by molar-refractivity contribution is -0.140. The number of nitrogens with zero attached hydrogens (tertiary/aromatic N) is 2. The fourth-order valence-electron chi connectivity index (χ4n) is 5.40. The predicted octanol–water partition coefficient (Wildman–Crippen LogP) is 2.58. The number of benzene rings is 1. The van der Waals surface area contributed by atoms with Crippen molar-refractivity contribution < 1.29 is 38.4 Å². The summed E-state index contributed by atoms with van der Waals surface area (Å²) in [6.45, 7) is 7.26. The van der Waals surface area contributed by atoms with Crippen LogP contribution in [0.4, 0.5) is 0 Å². The number of carbonyl (C=O) groups excluding carboxylic acids is 3. The van der Waals surface area contributed by atoms with Crippen LogP contribution in [0.3, 0.4) is 0 Å². The number of methoxy groups -OCH3 is 3. The Kier molecular flexibility index (Phi) is 8.61. The molecule has 210 valence electrons. The number of H-pyrrole nitrogens is 1. The van der Waals surface area contributed by atoms with Crippen LogP contribution >= 0.6 is 0 Å². The number of aromatic nitrogens is 1. The molecular weight excluding hydrogens is 506 g/mol. The van der Waals surface area contributed by atoms with Crippen LogP contribution in [0.25, 0.3) is 5.76 Å². The van der Waals surface area contributed by atoms with Crippen molar-refractivity contribution in [2.45, 2.75) is 26.3 Å². The van der Waals surface area contributed by atoms with Crippen LogP contribution in [-0.4, -0.2) is 98.3 Å². The van der Waals surface area contributed by atoms with Gasteiger partial charge in [-0.15, -0.1) is 0 Å². The number of amides is 1. The highest BCUT2D eigenvalue weighted by molar-refractivity contribution is 6.46. The van der Waals surface area contributed by atoms with E-state index in [-0.39, 0.29) is 29.1 Å². The monoisotopic (exact) mass is 541 g/mol. The number of aryl methyl sites for hydroxylation is 1. The zero-order valence-electron chi connectivity index (χ0n) is 23.0. The van der Waals surface area contributed by atoms with Gasteiger partial charge in [0.2, 0.25) is 0 Å². The number of aromatic amines is 1. The highest BCUT2D eigenvalue weighted by Crippen LogP contribution is 2.46. The van der Waals surface area contributed by atoms with Crippen molar-refractivity contribution in [1.82, 2.24) is 14.8 Å². The first-order valence-electron chi connectivity index (χ1n) is 12.8. The Morgan fingerprint density at radius 1 is 1.10 bits per heavy atom. The Morgan fingerprint density at radius 2 is 1.82 bits per heavy atom. The number of esters is 1. The topological polar surface area (TPSA) is 131 Å². The predicted molar refractivity (Wildman–Crippen MR) is 142 cm³/mol. The molecule has 0 spiro atoms. The highest BCUT2D eigenvalue weighted by atomic mass is 16.5. The number of aliphatic hydroxyl groups excluding tert-OH is 1. The fourth-order valence-corrected chi connectivity index (χ4v) is 5.40. The Hall–Kier alpha value is -3.83. The van der Waals surface area contributed by atoms with Gasteiger partial charge in [-0.25, -0.2) is 4.79 Å². The summed E-state index contributed by atoms with van der Waals surface area (Å²) >= 11 is 0. The summed E-state index contributed by atoms with van der Waals surface area (Å²) in [6.07, 6.45) is 0.616. The number of para-hydroxylation sites is 1. The van der Waals surface area contributed by atoms with Crippen LogP contribution in [-0.2, 0) is 19.1 Å². The molecule has 11 nitrogen and oxygen atoms in total. The second kappa shape index (κ2) is 11.9. The number of nitrogens with one attached hydrogen (secondary N) is 1. The second-order valence-corrected chi connectivity index (χ2v) is 9.50. The highest BCUT2D eigenvalue weighted by Gasteiger charge is 2.47. The average Bonchev–Trinajstić information content (AvgIpc) is 3.39. The van der Waals surface area contributed by atoms with E-state index in [1.54, 1.807) is 32.0 Å². The van der Waals surface area contributed by atoms with E-state index in [1.807, 2.05) is 0 Å². The number of hydrogen-bond acceptors (Lipinski definition) is 9. The van der Waals surface area contributed by atoms with Crippen molar-refractivity contribution in [1.29, 1.82) is 0 Å². The van der Waals surface area contributed by atoms with Gasteiger partial charge in [-0.05, 0) is 31.9 Å². The molecule has 0 unspecified atom stereocenters. The van der Waals surface area contributed by atoms with E-state index in [2.05, 4.69) is 9.88 Å². The summed E-state index contributed by atoms with van der Waals surface area (Å²) < 4.78 is 21.4. The van der Waals surface area contributed by atoms with Gasteiger partial charge in [-0.2, -0.15) is 0 Å². The van der Waals surface area contributed by atoms with Crippen molar-refractivity contribution in [3.63, 3.8) is 0 Å². The van der Waals surface area contributed by atoms with Crippen molar-refractivity contribution >= 4 is 23.4 Å². The van der Waals surface area contributed by atoms with E-state index in [1.165, 1.54) is 26.2 Å². The van der Waals surface area contributed by atoms with Gasteiger partial charge < -0.3 is 33.9 Å². The average molecular weight is 542 g/mol. The van der Waals surface area contributed by atoms with Crippen molar-refractivity contribution in [3.05, 3.63) is 51.9 Å². The minimum Gasteiger partial charge on any atom is -0.507 e. The molecule has 4 rings (SSSR count). The molecule has 3 heterocycles. The molecule has 0 bridgehead atoms. The number of carbonyl (C=O) groups is 3. The standard InChI is InChI=1S/C28H35N3O8/c1-16-20(17(2)29-22(16)28(35)38-5)24(32)21-23(18-8-6-9-19(36-3)26(18)37-4)31(27(34)25(21)33)11-7-10-30-12-14-39-15-13-30/h6,8-9,23,29,32H,7,10-15H2,1-5H3/b24-21+/t23-/m1/s1. The molecule has 2 saturated heterocycles. The van der Waals surface area contributed by atoms with Gasteiger partial charge in [0.1, 0.15) is 11.5 Å². The second-order valence-electron chi connectivity index (χ2n) is 9.50. The molecule has 0 saturated carbocycles. The lowest BCUT2D eigenvalue weighted by atomic mass is 9.93. The van der Waals surface area contributed by atoms with Gasteiger partial charge in [-0.3, -0.25) is 14.5 Å². The van der Waals surface area contributed by atoms with E-state index in [0.717, 1.165) is 19.6 Å². The number of morpholine rings is 1. The molecule has 11 heteroatoms. The van der Waals surface area contributed by atoms with Crippen LogP contribution in [0.15, 0.2) is 23.8 Å². The molecule has 1 atom stereocenters. The molecule has 0 aliphatic carbocycles. The van der Waals surface area contributed by atoms with Crippen LogP contribution < -0.4 is 9.47 Å². The van der Waals surface area contributed by atoms with Gasteiger partial charge in [0.15, 0.2) is 11.5 Å². The zero-order valence-corrected chi connectivity index (χ0v) is 23.0. The molecule has 1 aromatic heterocycles. The van der Waals surface area contributed by atoms with E-state index >= 15 is 0 Å². The molecule has 1 amide bonds. The molecule has 2 N–H and O–H groups in total. The first-order chi connectivity index (χ1) is 18.7. The molecule has 2 aliphatic heterocycles. The quantitative estimate of drug-likeness (QED) is 0.213. The van der Waals surface area contributed by atoms with Crippen LogP contribution in [0.5, 0.6) is 11.5 Å². The zero-order chi connectivity index (χ0) is 28.3. The van der Waals surface area contributed by atoms with Gasteiger partial charge in [0.25, 0.3) is 11.7 Å². The maximum atomic E-state index is 13.5. The molecule has 1 aromatic carbocycles. The third-order valence-electron chi connectivity index (χ3n) is 7.31. The van der Waals surface area contributed by atoms with Crippen LogP contribution in [0.1, 0.15) is 45.3 Å². The van der Waals surface area contributed by atoms with Crippen molar-refractivity contribution in [2.75, 3.05) is 60.7 Å². The van der Waals surface area contributed by atoms with Crippen molar-refractivity contribution in [3.8, 4) is 11.5 Å². The Labute approximate surface area is 227 Å². The summed E-state index contributed by atoms with van der Waals surface area (Å²) in [5.74, 6) is -1.73. The summed E-state index contributed by atoms with van der Waals surface area (Å²) in [4.78, 5) is 45.9. The van der Waals surface area contributed by atoms with E-state index < -0.39 is 23.7 Å². The van der Waals surface area contributed by atoms with Gasteiger partial charge in [0.05, 0.1) is 46.2 Å². The van der Waals surface area contributed by atoms with E-state index in [0.29, 0.717) is 48.0 Å². The molecular formula is C28H35N3O8. The van der Waals surface area contributed by atoms with Gasteiger partial charge in [0, 0.05) is 43.0 Å². The third kappa shape index (κ3) is 5.24. The summed E-state index contributed by atoms with van der Waals surface area (Å²) in [5.41, 5.74) is 1.72. The summed E-state index contributed by atoms with van der Waals surface area (Å²) in [5, 5.41) is 11.6. The maximum absolute atomic E-state index is 13.5. The molecule has 2 aliphatic rings. The smallest absolute Gasteiger partial charge is 0.354 e. The van der Waals surface area contributed by atoms with Gasteiger partial charge >= 0.3 is 5.97 Å². The molecule has 0 radical (unpaired) electrons. The first kappa shape index (κ1) is 28.2. The Balaban J connectivity index is 1.83. The largest absolute Gasteiger partial charge is 0.507 e. The lowest BCUT2D eigenvalue weighted by Gasteiger charge is -2.30. The number of rotatable bonds is 9. The normalized spacial score (nSPS) is 19.4. The minimum atomic E-state index is -0.935. The molecule has 39 heavy (non-hydrogen) atoms. The Bertz CT molecular complexity index is 1290. The van der Waals surface area contributed by atoms with Crippen molar-refractivity contribution in [2.24, 2.45) is 0 Å². The minimum absolute atomic E-state index is 0.0838. The number of likely N-dealkylation sites (tertiary alicyclic amines) is 1. The van der Waals surface area contributed by atoms with E-state index in [9.17, 15) is 19.5 Å². The summed E-state index contributed by atoms with van der Waals surface area (Å²) in [7, 11) is 4.24. The number of Topliss-reactive ketones (excluding diaryl/α,β-unsaturated/α-hetero) is 1.